The third kappa shape index (κ3) is 5.94. The Morgan fingerprint density at radius 2 is 1.69 bits per heavy atom. The van der Waals surface area contributed by atoms with Gasteiger partial charge in [-0.05, 0) is 125 Å². The number of rotatable bonds is 7. The van der Waals surface area contributed by atoms with E-state index < -0.39 is 35.0 Å². The number of aryl methyl sites for hydroxylation is 3. The van der Waals surface area contributed by atoms with Crippen molar-refractivity contribution in [1.82, 2.24) is 53.6 Å². The van der Waals surface area contributed by atoms with E-state index in [0.717, 1.165) is 29.3 Å². The van der Waals surface area contributed by atoms with E-state index >= 15 is 13.6 Å². The van der Waals surface area contributed by atoms with Crippen molar-refractivity contribution in [3.05, 3.63) is 139 Å². The largest absolute Gasteiger partial charge is 0.438 e. The molecule has 0 spiro atoms. The first kappa shape index (κ1) is 41.5. The molecule has 67 heavy (non-hydrogen) atoms. The second-order valence-corrected chi connectivity index (χ2v) is 19.7. The molecule has 1 saturated carbocycles. The first-order valence-corrected chi connectivity index (χ1v) is 22.8. The Labute approximate surface area is 381 Å². The van der Waals surface area contributed by atoms with Gasteiger partial charge in [0.25, 0.3) is 5.91 Å². The maximum absolute atomic E-state index is 16.2. The summed E-state index contributed by atoms with van der Waals surface area (Å²) in [5.74, 6) is -1.26. The molecule has 344 valence electrons. The minimum absolute atomic E-state index is 0.0154. The molecule has 0 bridgehead atoms. The number of H-pyrrole nitrogens is 1. The van der Waals surface area contributed by atoms with E-state index in [2.05, 4.69) is 59.5 Å². The molecule has 3 fully saturated rings. The van der Waals surface area contributed by atoms with Crippen molar-refractivity contribution in [3.8, 4) is 17.2 Å². The van der Waals surface area contributed by atoms with Gasteiger partial charge in [-0.1, -0.05) is 18.1 Å². The smallest absolute Gasteiger partial charge is 0.376 e. The summed E-state index contributed by atoms with van der Waals surface area (Å²) < 4.78 is 50.5. The zero-order valence-corrected chi connectivity index (χ0v) is 38.1. The normalized spacial score (nSPS) is 24.3. The molecular weight excluding hydrogens is 861 g/mol. The van der Waals surface area contributed by atoms with Crippen LogP contribution in [0.2, 0.25) is 0 Å². The Bertz CT molecular complexity index is 3490. The average molecular weight is 910 g/mol. The van der Waals surface area contributed by atoms with Crippen molar-refractivity contribution in [2.24, 2.45) is 13.0 Å². The number of aromatic nitrogens is 9. The lowest BCUT2D eigenvalue weighted by Gasteiger charge is -2.51. The molecule has 12 rings (SSSR count). The lowest BCUT2D eigenvalue weighted by atomic mass is 9.83. The Kier molecular flexibility index (Phi) is 8.85. The number of carbonyl (C=O) groups is 1. The second kappa shape index (κ2) is 14.3. The molecule has 5 aromatic heterocycles. The van der Waals surface area contributed by atoms with Crippen LogP contribution in [0.3, 0.4) is 0 Å². The highest BCUT2D eigenvalue weighted by Gasteiger charge is 2.60. The molecule has 2 saturated heterocycles. The van der Waals surface area contributed by atoms with Crippen LogP contribution >= 0.6 is 0 Å². The first-order valence-electron chi connectivity index (χ1n) is 22.8. The summed E-state index contributed by atoms with van der Waals surface area (Å²) in [5, 5.41) is 18.3. The predicted octanol–water partition coefficient (Wildman–Crippen LogP) is 6.91. The molecule has 6 atom stereocenters. The number of fused-ring (bicyclic) bond motifs is 5. The molecule has 2 unspecified atom stereocenters. The highest BCUT2D eigenvalue weighted by atomic mass is 19.1. The summed E-state index contributed by atoms with van der Waals surface area (Å²) in [6, 6.07) is 14.3. The number of carbonyl (C=O) groups excluding carboxylic acids is 1. The van der Waals surface area contributed by atoms with Gasteiger partial charge < -0.3 is 14.2 Å². The van der Waals surface area contributed by atoms with Crippen LogP contribution in [-0.4, -0.2) is 79.1 Å². The number of amides is 1. The van der Waals surface area contributed by atoms with Crippen molar-refractivity contribution in [2.45, 2.75) is 96.0 Å². The fourth-order valence-corrected chi connectivity index (χ4v) is 11.5. The number of hydrogen-bond acceptors (Lipinski definition) is 9. The number of nitrogens with one attached hydrogen (secondary N) is 2. The summed E-state index contributed by atoms with van der Waals surface area (Å²) >= 11 is 0. The highest BCUT2D eigenvalue weighted by Crippen LogP contribution is 2.56. The van der Waals surface area contributed by atoms with E-state index in [1.807, 2.05) is 22.5 Å². The Balaban J connectivity index is 1.03. The number of hydrogen-bond donors (Lipinski definition) is 2. The summed E-state index contributed by atoms with van der Waals surface area (Å²) in [5.41, 5.74) is 3.89. The fourth-order valence-electron chi connectivity index (χ4n) is 11.5. The van der Waals surface area contributed by atoms with Gasteiger partial charge in [0.05, 0.1) is 57.9 Å². The van der Waals surface area contributed by atoms with Gasteiger partial charge in [0, 0.05) is 49.1 Å². The monoisotopic (exact) mass is 909 g/mol. The van der Waals surface area contributed by atoms with Crippen LogP contribution in [0.4, 0.5) is 8.78 Å². The number of nitrogens with zero attached hydrogens (tertiary/aromatic N) is 9. The maximum Gasteiger partial charge on any atom is 0.438 e. The van der Waals surface area contributed by atoms with E-state index in [1.54, 1.807) is 60.7 Å². The Hall–Kier alpha value is -6.92. The number of halogens is 2. The maximum atomic E-state index is 16.2. The molecule has 2 N–H and O–H groups in total. The van der Waals surface area contributed by atoms with Crippen molar-refractivity contribution in [2.75, 3.05) is 13.2 Å². The zero-order valence-electron chi connectivity index (χ0n) is 38.1. The minimum atomic E-state index is -0.879. The zero-order chi connectivity index (χ0) is 46.6. The standard InChI is InChI=1S/C49H49F2N11O5/c1-24-16-31(17-25(2)39(24)50)62-43(59-14-13-58(47(59)65)36-11-10-35-32(40(36)51)23-53-57(35)7)38-27(4)60(42-33(22-52-42)41(38)55-62)44(63)37-19-30-18-28(29-12-15-66-48(5,6)21-29)8-9-34(30)61(37)49(20-26(49)3)45-54-46(64)67-56-45/h8-11,13-14,16-19,23,26-27,29,33,42,52H,12,15,20-22H2,1-7H3,(H,54,56,64)/t26-,27-,29-,33?,42?,49-/m0/s1. The van der Waals surface area contributed by atoms with Crippen LogP contribution < -0.4 is 16.8 Å². The summed E-state index contributed by atoms with van der Waals surface area (Å²) in [6.45, 7) is 12.7. The van der Waals surface area contributed by atoms with Crippen LogP contribution in [-0.2, 0) is 17.3 Å². The Morgan fingerprint density at radius 1 is 0.940 bits per heavy atom. The number of benzene rings is 3. The number of aromatic amines is 1. The average Bonchev–Trinajstić information content (AvgIpc) is 3.91. The molecule has 1 amide bonds. The van der Waals surface area contributed by atoms with Crippen LogP contribution in [0.1, 0.15) is 109 Å². The lowest BCUT2D eigenvalue weighted by molar-refractivity contribution is -0.0592. The molecule has 8 aromatic rings. The van der Waals surface area contributed by atoms with Crippen molar-refractivity contribution in [3.63, 3.8) is 0 Å². The first-order chi connectivity index (χ1) is 32.1. The molecule has 3 aliphatic heterocycles. The van der Waals surface area contributed by atoms with Gasteiger partial charge in [-0.15, -0.1) is 0 Å². The number of ether oxygens (including phenoxy) is 1. The van der Waals surface area contributed by atoms with Gasteiger partial charge in [-0.25, -0.2) is 23.1 Å². The SMILES string of the molecule is Cc1cc(-n2nc3c(c2-n2ccn(-c4ccc5c(cnn5C)c4F)c2=O)[C@H](C)N(C(=O)c2cc4cc([C@H]5CCOC(C)(C)C5)ccc4n2[C@@]2(c4noc(=O)[nH]4)C[C@@H]2C)C2NCC32)cc(C)c1F. The quantitative estimate of drug-likeness (QED) is 0.173. The molecule has 18 heteroatoms. The van der Waals surface area contributed by atoms with Crippen LogP contribution in [0.15, 0.2) is 81.2 Å². The van der Waals surface area contributed by atoms with Gasteiger partial charge in [0.1, 0.15) is 22.9 Å². The van der Waals surface area contributed by atoms with Crippen LogP contribution in [0, 0.1) is 31.4 Å². The van der Waals surface area contributed by atoms with Crippen molar-refractivity contribution >= 4 is 27.7 Å². The topological polar surface area (TPSA) is 168 Å². The molecule has 16 nitrogen and oxygen atoms in total. The molecule has 4 aliphatic rings. The van der Waals surface area contributed by atoms with E-state index in [-0.39, 0.29) is 46.2 Å². The lowest BCUT2D eigenvalue weighted by Crippen LogP contribution is -2.65. The van der Waals surface area contributed by atoms with Gasteiger partial charge in [-0.3, -0.25) is 33.4 Å². The van der Waals surface area contributed by atoms with E-state index in [9.17, 15) is 9.59 Å². The van der Waals surface area contributed by atoms with Crippen LogP contribution in [0.5, 0.6) is 0 Å². The molecule has 0 radical (unpaired) electrons. The molecule has 3 aromatic carbocycles. The molecular formula is C49H49F2N11O5. The summed E-state index contributed by atoms with van der Waals surface area (Å²) in [7, 11) is 1.72. The van der Waals surface area contributed by atoms with E-state index in [1.165, 1.54) is 21.5 Å². The highest BCUT2D eigenvalue weighted by molar-refractivity contribution is 6.00. The second-order valence-electron chi connectivity index (χ2n) is 19.7. The molecule has 8 heterocycles. The predicted molar refractivity (Wildman–Crippen MR) is 243 cm³/mol. The van der Waals surface area contributed by atoms with E-state index in [4.69, 9.17) is 14.4 Å². The Morgan fingerprint density at radius 3 is 2.37 bits per heavy atom. The summed E-state index contributed by atoms with van der Waals surface area (Å²) in [4.78, 5) is 47.9. The van der Waals surface area contributed by atoms with Crippen molar-refractivity contribution in [1.29, 1.82) is 0 Å². The van der Waals surface area contributed by atoms with Gasteiger partial charge in [-0.2, -0.15) is 10.2 Å². The molecule has 1 aliphatic carbocycles. The third-order valence-corrected chi connectivity index (χ3v) is 15.1. The fraction of sp³-hybridized carbons (Fsp3) is 0.388. The third-order valence-electron chi connectivity index (χ3n) is 15.1. The van der Waals surface area contributed by atoms with Gasteiger partial charge in [0.2, 0.25) is 0 Å². The van der Waals surface area contributed by atoms with Gasteiger partial charge in [0.15, 0.2) is 11.6 Å². The van der Waals surface area contributed by atoms with Crippen LogP contribution in [0.25, 0.3) is 39.0 Å². The number of imidazole rings is 1. The van der Waals surface area contributed by atoms with Crippen molar-refractivity contribution < 1.29 is 22.8 Å². The minimum Gasteiger partial charge on any atom is -0.376 e. The van der Waals surface area contributed by atoms with Gasteiger partial charge >= 0.3 is 11.4 Å². The van der Waals surface area contributed by atoms with E-state index in [0.29, 0.717) is 70.5 Å². The summed E-state index contributed by atoms with van der Waals surface area (Å²) in [6.07, 6.45) is 6.36.